The Morgan fingerprint density at radius 1 is 1.15 bits per heavy atom. The molecule has 0 bridgehead atoms. The minimum Gasteiger partial charge on any atom is -0.507 e. The summed E-state index contributed by atoms with van der Waals surface area (Å²) in [5.74, 6) is 0.669. The molecule has 2 unspecified atom stereocenters. The SMILES string of the molecule is Cl.N#Cc1ccc(O)c(-c2ccc(C3CC3N)cc2)c1. The van der Waals surface area contributed by atoms with Gasteiger partial charge in [-0.25, -0.2) is 0 Å². The van der Waals surface area contributed by atoms with E-state index in [-0.39, 0.29) is 18.2 Å². The third kappa shape index (κ3) is 2.62. The first-order valence-corrected chi connectivity index (χ1v) is 6.28. The first kappa shape index (κ1) is 14.4. The van der Waals surface area contributed by atoms with Gasteiger partial charge in [-0.1, -0.05) is 24.3 Å². The maximum atomic E-state index is 9.89. The van der Waals surface area contributed by atoms with Crippen LogP contribution in [0.1, 0.15) is 23.5 Å². The minimum atomic E-state index is 0. The van der Waals surface area contributed by atoms with Crippen molar-refractivity contribution in [2.75, 3.05) is 0 Å². The fourth-order valence-electron chi connectivity index (χ4n) is 2.34. The number of phenolic OH excluding ortho intramolecular Hbond substituents is 1. The molecule has 0 heterocycles. The third-order valence-electron chi connectivity index (χ3n) is 3.62. The van der Waals surface area contributed by atoms with Crippen molar-refractivity contribution in [2.24, 2.45) is 5.73 Å². The van der Waals surface area contributed by atoms with Gasteiger partial charge in [-0.05, 0) is 35.7 Å². The lowest BCUT2D eigenvalue weighted by Crippen LogP contribution is -2.00. The summed E-state index contributed by atoms with van der Waals surface area (Å²) >= 11 is 0. The number of rotatable bonds is 2. The molecule has 3 rings (SSSR count). The predicted molar refractivity (Wildman–Crippen MR) is 80.8 cm³/mol. The zero-order valence-electron chi connectivity index (χ0n) is 10.8. The second-order valence-corrected chi connectivity index (χ2v) is 4.97. The molecule has 2 atom stereocenters. The Kier molecular flexibility index (Phi) is 3.99. The van der Waals surface area contributed by atoms with Crippen molar-refractivity contribution in [3.8, 4) is 22.9 Å². The van der Waals surface area contributed by atoms with Gasteiger partial charge in [0.15, 0.2) is 0 Å². The normalized spacial score (nSPS) is 19.8. The molecular formula is C16H15ClN2O. The van der Waals surface area contributed by atoms with Crippen LogP contribution in [0.25, 0.3) is 11.1 Å². The molecule has 102 valence electrons. The maximum absolute atomic E-state index is 9.89. The Bertz CT molecular complexity index is 661. The number of aromatic hydroxyl groups is 1. The van der Waals surface area contributed by atoms with Crippen molar-refractivity contribution >= 4 is 12.4 Å². The maximum Gasteiger partial charge on any atom is 0.123 e. The van der Waals surface area contributed by atoms with E-state index in [1.807, 2.05) is 24.3 Å². The molecule has 0 saturated heterocycles. The van der Waals surface area contributed by atoms with E-state index < -0.39 is 0 Å². The summed E-state index contributed by atoms with van der Waals surface area (Å²) < 4.78 is 0. The number of hydrogen-bond acceptors (Lipinski definition) is 3. The Morgan fingerprint density at radius 3 is 2.35 bits per heavy atom. The van der Waals surface area contributed by atoms with Gasteiger partial charge in [0.1, 0.15) is 5.75 Å². The molecule has 2 aromatic rings. The van der Waals surface area contributed by atoms with Crippen LogP contribution in [-0.2, 0) is 0 Å². The lowest BCUT2D eigenvalue weighted by atomic mass is 10.00. The van der Waals surface area contributed by atoms with Gasteiger partial charge in [-0.15, -0.1) is 12.4 Å². The summed E-state index contributed by atoms with van der Waals surface area (Å²) in [6, 6.07) is 15.3. The van der Waals surface area contributed by atoms with Crippen LogP contribution in [0.4, 0.5) is 0 Å². The molecule has 1 aliphatic carbocycles. The molecule has 0 aromatic heterocycles. The first-order valence-electron chi connectivity index (χ1n) is 6.28. The molecule has 3 N–H and O–H groups in total. The Hall–Kier alpha value is -2.02. The van der Waals surface area contributed by atoms with Crippen LogP contribution in [0.2, 0.25) is 0 Å². The van der Waals surface area contributed by atoms with Crippen LogP contribution < -0.4 is 5.73 Å². The van der Waals surface area contributed by atoms with Gasteiger partial charge in [0.2, 0.25) is 0 Å². The standard InChI is InChI=1S/C16H14N2O.ClH/c17-9-10-1-6-16(19)14(7-10)12-4-2-11(3-5-12)13-8-15(13)18;/h1-7,13,15,19H,8,18H2;1H. The molecule has 3 nitrogen and oxygen atoms in total. The van der Waals surface area contributed by atoms with Gasteiger partial charge in [-0.2, -0.15) is 5.26 Å². The van der Waals surface area contributed by atoms with Crippen LogP contribution in [0.15, 0.2) is 42.5 Å². The number of phenols is 1. The van der Waals surface area contributed by atoms with E-state index in [9.17, 15) is 5.11 Å². The first-order chi connectivity index (χ1) is 9.19. The zero-order chi connectivity index (χ0) is 13.4. The van der Waals surface area contributed by atoms with Crippen LogP contribution in [0.5, 0.6) is 5.75 Å². The fourth-order valence-corrected chi connectivity index (χ4v) is 2.34. The van der Waals surface area contributed by atoms with Crippen LogP contribution in [0.3, 0.4) is 0 Å². The lowest BCUT2D eigenvalue weighted by molar-refractivity contribution is 0.477. The molecule has 20 heavy (non-hydrogen) atoms. The number of nitrogens with zero attached hydrogens (tertiary/aromatic N) is 1. The van der Waals surface area contributed by atoms with E-state index >= 15 is 0 Å². The van der Waals surface area contributed by atoms with Crippen molar-refractivity contribution in [2.45, 2.75) is 18.4 Å². The Morgan fingerprint density at radius 2 is 1.80 bits per heavy atom. The number of nitrogens with two attached hydrogens (primary N) is 1. The summed E-state index contributed by atoms with van der Waals surface area (Å²) in [6.45, 7) is 0. The van der Waals surface area contributed by atoms with E-state index in [0.717, 1.165) is 12.0 Å². The van der Waals surface area contributed by atoms with Gasteiger partial charge in [0.25, 0.3) is 0 Å². The second-order valence-electron chi connectivity index (χ2n) is 4.97. The summed E-state index contributed by atoms with van der Waals surface area (Å²) in [7, 11) is 0. The van der Waals surface area contributed by atoms with E-state index in [1.54, 1.807) is 18.2 Å². The molecule has 0 amide bonds. The molecule has 2 aromatic carbocycles. The molecule has 0 aliphatic heterocycles. The number of halogens is 1. The smallest absolute Gasteiger partial charge is 0.123 e. The average Bonchev–Trinajstić information content (AvgIpc) is 3.17. The van der Waals surface area contributed by atoms with Crippen LogP contribution in [0, 0.1) is 11.3 Å². The van der Waals surface area contributed by atoms with E-state index in [2.05, 4.69) is 6.07 Å². The highest BCUT2D eigenvalue weighted by atomic mass is 35.5. The van der Waals surface area contributed by atoms with Crippen molar-refractivity contribution < 1.29 is 5.11 Å². The summed E-state index contributed by atoms with van der Waals surface area (Å²) in [5.41, 5.74) is 9.21. The van der Waals surface area contributed by atoms with Crippen LogP contribution in [-0.4, -0.2) is 11.1 Å². The fraction of sp³-hybridized carbons (Fsp3) is 0.188. The average molecular weight is 287 g/mol. The van der Waals surface area contributed by atoms with Gasteiger partial charge in [-0.3, -0.25) is 0 Å². The van der Waals surface area contributed by atoms with Crippen molar-refractivity contribution in [3.63, 3.8) is 0 Å². The summed E-state index contributed by atoms with van der Waals surface area (Å²) in [5, 5.41) is 18.8. The molecule has 1 saturated carbocycles. The largest absolute Gasteiger partial charge is 0.507 e. The molecular weight excluding hydrogens is 272 g/mol. The van der Waals surface area contributed by atoms with E-state index in [4.69, 9.17) is 11.0 Å². The third-order valence-corrected chi connectivity index (χ3v) is 3.62. The minimum absolute atomic E-state index is 0. The van der Waals surface area contributed by atoms with Gasteiger partial charge in [0.05, 0.1) is 11.6 Å². The molecule has 0 spiro atoms. The summed E-state index contributed by atoms with van der Waals surface area (Å²) in [4.78, 5) is 0. The predicted octanol–water partition coefficient (Wildman–Crippen LogP) is 3.17. The van der Waals surface area contributed by atoms with E-state index in [1.165, 1.54) is 5.56 Å². The lowest BCUT2D eigenvalue weighted by Gasteiger charge is -2.06. The number of hydrogen-bond donors (Lipinski definition) is 2. The Balaban J connectivity index is 0.00000147. The molecule has 1 fully saturated rings. The summed E-state index contributed by atoms with van der Waals surface area (Å²) in [6.07, 6.45) is 1.05. The van der Waals surface area contributed by atoms with Gasteiger partial charge in [0, 0.05) is 17.5 Å². The molecule has 0 radical (unpaired) electrons. The number of benzene rings is 2. The second kappa shape index (κ2) is 5.54. The topological polar surface area (TPSA) is 70.0 Å². The highest BCUT2D eigenvalue weighted by Crippen LogP contribution is 2.40. The molecule has 4 heteroatoms. The number of nitriles is 1. The van der Waals surface area contributed by atoms with Crippen molar-refractivity contribution in [1.82, 2.24) is 0 Å². The highest BCUT2D eigenvalue weighted by Gasteiger charge is 2.34. The van der Waals surface area contributed by atoms with Crippen molar-refractivity contribution in [3.05, 3.63) is 53.6 Å². The van der Waals surface area contributed by atoms with E-state index in [0.29, 0.717) is 23.1 Å². The van der Waals surface area contributed by atoms with Crippen molar-refractivity contribution in [1.29, 1.82) is 5.26 Å². The van der Waals surface area contributed by atoms with Gasteiger partial charge < -0.3 is 10.8 Å². The highest BCUT2D eigenvalue weighted by molar-refractivity contribution is 5.85. The van der Waals surface area contributed by atoms with Gasteiger partial charge >= 0.3 is 0 Å². The zero-order valence-corrected chi connectivity index (χ0v) is 11.6. The monoisotopic (exact) mass is 286 g/mol. The quantitative estimate of drug-likeness (QED) is 0.891. The Labute approximate surface area is 124 Å². The molecule has 1 aliphatic rings. The van der Waals surface area contributed by atoms with Crippen LogP contribution >= 0.6 is 12.4 Å².